The zero-order valence-electron chi connectivity index (χ0n) is 11.2. The van der Waals surface area contributed by atoms with Crippen molar-refractivity contribution in [2.45, 2.75) is 18.6 Å². The van der Waals surface area contributed by atoms with E-state index in [9.17, 15) is 9.90 Å². The third-order valence-electron chi connectivity index (χ3n) is 4.05. The van der Waals surface area contributed by atoms with Crippen molar-refractivity contribution in [2.24, 2.45) is 5.92 Å². The number of ether oxygens (including phenoxy) is 2. The standard InChI is InChI=1S/C14H17NO5/c1-15-6-9(14(17)18)11(16)5-10(15)8-3-2-4-12-13(8)20-7-19-12/h2-4,9-11,16H,5-7H2,1H3,(H,17,18). The highest BCUT2D eigenvalue weighted by atomic mass is 16.7. The first-order valence-electron chi connectivity index (χ1n) is 6.57. The number of fused-ring (bicyclic) bond motifs is 1. The quantitative estimate of drug-likeness (QED) is 0.835. The predicted octanol–water partition coefficient (Wildman–Crippen LogP) is 0.854. The van der Waals surface area contributed by atoms with Gasteiger partial charge in [0, 0.05) is 18.2 Å². The normalized spacial score (nSPS) is 29.4. The molecule has 2 heterocycles. The Morgan fingerprint density at radius 3 is 2.95 bits per heavy atom. The topological polar surface area (TPSA) is 79.2 Å². The monoisotopic (exact) mass is 279 g/mol. The number of nitrogens with zero attached hydrogens (tertiary/aromatic N) is 1. The van der Waals surface area contributed by atoms with Crippen molar-refractivity contribution in [2.75, 3.05) is 20.4 Å². The van der Waals surface area contributed by atoms with Crippen molar-refractivity contribution in [3.05, 3.63) is 23.8 Å². The number of carbonyl (C=O) groups is 1. The average Bonchev–Trinajstić information content (AvgIpc) is 2.89. The maximum atomic E-state index is 11.1. The first kappa shape index (κ1) is 13.2. The van der Waals surface area contributed by atoms with Crippen LogP contribution in [0.1, 0.15) is 18.0 Å². The van der Waals surface area contributed by atoms with E-state index in [1.165, 1.54) is 0 Å². The number of carboxylic acid groups (broad SMARTS) is 1. The second-order valence-electron chi connectivity index (χ2n) is 5.28. The summed E-state index contributed by atoms with van der Waals surface area (Å²) in [6.07, 6.45) is -0.486. The maximum absolute atomic E-state index is 11.1. The Balaban J connectivity index is 1.89. The van der Waals surface area contributed by atoms with Gasteiger partial charge in [-0.1, -0.05) is 12.1 Å². The SMILES string of the molecule is CN1CC(C(=O)O)C(O)CC1c1cccc2c1OCO2. The first-order valence-corrected chi connectivity index (χ1v) is 6.57. The van der Waals surface area contributed by atoms with Gasteiger partial charge in [0.15, 0.2) is 11.5 Å². The lowest BCUT2D eigenvalue weighted by molar-refractivity contribution is -0.150. The summed E-state index contributed by atoms with van der Waals surface area (Å²) >= 11 is 0. The summed E-state index contributed by atoms with van der Waals surface area (Å²) < 4.78 is 10.8. The van der Waals surface area contributed by atoms with Crippen LogP contribution in [0.2, 0.25) is 0 Å². The number of benzene rings is 1. The molecule has 3 rings (SSSR count). The summed E-state index contributed by atoms with van der Waals surface area (Å²) in [5, 5.41) is 19.2. The highest BCUT2D eigenvalue weighted by Gasteiger charge is 2.39. The molecule has 20 heavy (non-hydrogen) atoms. The number of rotatable bonds is 2. The van der Waals surface area contributed by atoms with E-state index in [0.29, 0.717) is 24.5 Å². The van der Waals surface area contributed by atoms with Gasteiger partial charge in [0.25, 0.3) is 0 Å². The Bertz CT molecular complexity index is 532. The molecular weight excluding hydrogens is 262 g/mol. The minimum Gasteiger partial charge on any atom is -0.481 e. The van der Waals surface area contributed by atoms with Crippen LogP contribution < -0.4 is 9.47 Å². The Hall–Kier alpha value is -1.79. The average molecular weight is 279 g/mol. The third-order valence-corrected chi connectivity index (χ3v) is 4.05. The molecule has 108 valence electrons. The van der Waals surface area contributed by atoms with Gasteiger partial charge in [-0.2, -0.15) is 0 Å². The summed E-state index contributed by atoms with van der Waals surface area (Å²) in [5.41, 5.74) is 0.936. The molecule has 0 radical (unpaired) electrons. The maximum Gasteiger partial charge on any atom is 0.310 e. The van der Waals surface area contributed by atoms with Gasteiger partial charge in [-0.15, -0.1) is 0 Å². The number of likely N-dealkylation sites (tertiary alicyclic amines) is 1. The van der Waals surface area contributed by atoms with Gasteiger partial charge in [0.2, 0.25) is 6.79 Å². The van der Waals surface area contributed by atoms with Crippen LogP contribution in [0, 0.1) is 5.92 Å². The van der Waals surface area contributed by atoms with Crippen molar-refractivity contribution in [3.63, 3.8) is 0 Å². The Morgan fingerprint density at radius 2 is 2.20 bits per heavy atom. The van der Waals surface area contributed by atoms with E-state index < -0.39 is 18.0 Å². The zero-order chi connectivity index (χ0) is 14.3. The van der Waals surface area contributed by atoms with E-state index in [1.54, 1.807) is 0 Å². The summed E-state index contributed by atoms with van der Waals surface area (Å²) in [4.78, 5) is 13.1. The minimum absolute atomic E-state index is 0.0720. The molecule has 6 nitrogen and oxygen atoms in total. The van der Waals surface area contributed by atoms with Crippen LogP contribution in [0.4, 0.5) is 0 Å². The van der Waals surface area contributed by atoms with Gasteiger partial charge < -0.3 is 19.7 Å². The molecule has 2 aliphatic rings. The molecule has 0 aromatic heterocycles. The summed E-state index contributed by atoms with van der Waals surface area (Å²) in [5.74, 6) is -0.304. The molecule has 1 aromatic rings. The Kier molecular flexibility index (Phi) is 3.27. The van der Waals surface area contributed by atoms with Gasteiger partial charge in [-0.3, -0.25) is 9.69 Å². The Morgan fingerprint density at radius 1 is 1.40 bits per heavy atom. The number of aliphatic hydroxyl groups is 1. The van der Waals surface area contributed by atoms with Crippen molar-refractivity contribution in [1.82, 2.24) is 4.90 Å². The molecule has 0 saturated carbocycles. The van der Waals surface area contributed by atoms with Crippen molar-refractivity contribution in [3.8, 4) is 11.5 Å². The molecule has 1 saturated heterocycles. The van der Waals surface area contributed by atoms with E-state index in [-0.39, 0.29) is 12.8 Å². The lowest BCUT2D eigenvalue weighted by Crippen LogP contribution is -2.46. The molecule has 0 spiro atoms. The molecule has 2 N–H and O–H groups in total. The molecule has 3 unspecified atom stereocenters. The van der Waals surface area contributed by atoms with Gasteiger partial charge >= 0.3 is 5.97 Å². The van der Waals surface area contributed by atoms with Crippen LogP contribution >= 0.6 is 0 Å². The molecule has 1 fully saturated rings. The second kappa shape index (κ2) is 4.96. The van der Waals surface area contributed by atoms with Gasteiger partial charge in [-0.25, -0.2) is 0 Å². The minimum atomic E-state index is -0.958. The third kappa shape index (κ3) is 2.10. The fourth-order valence-corrected chi connectivity index (χ4v) is 2.95. The highest BCUT2D eigenvalue weighted by molar-refractivity contribution is 5.71. The van der Waals surface area contributed by atoms with Crippen molar-refractivity contribution < 1.29 is 24.5 Å². The number of hydrogen-bond donors (Lipinski definition) is 2. The van der Waals surface area contributed by atoms with E-state index in [0.717, 1.165) is 5.56 Å². The van der Waals surface area contributed by atoms with Gasteiger partial charge in [0.05, 0.1) is 12.0 Å². The molecule has 2 aliphatic heterocycles. The Labute approximate surface area is 116 Å². The zero-order valence-corrected chi connectivity index (χ0v) is 11.2. The van der Waals surface area contributed by atoms with Crippen molar-refractivity contribution >= 4 is 5.97 Å². The van der Waals surface area contributed by atoms with Crippen LogP contribution in [0.15, 0.2) is 18.2 Å². The second-order valence-corrected chi connectivity index (χ2v) is 5.28. The van der Waals surface area contributed by atoms with E-state index in [1.807, 2.05) is 30.1 Å². The summed E-state index contributed by atoms with van der Waals surface area (Å²) in [6.45, 7) is 0.509. The molecule has 0 amide bonds. The van der Waals surface area contributed by atoms with Crippen LogP contribution in [0.3, 0.4) is 0 Å². The largest absolute Gasteiger partial charge is 0.481 e. The van der Waals surface area contributed by atoms with Crippen LogP contribution in [-0.4, -0.2) is 47.6 Å². The number of aliphatic hydroxyl groups excluding tert-OH is 1. The number of aliphatic carboxylic acids is 1. The lowest BCUT2D eigenvalue weighted by Gasteiger charge is -2.39. The summed E-state index contributed by atoms with van der Waals surface area (Å²) in [6, 6.07) is 5.58. The van der Waals surface area contributed by atoms with Crippen LogP contribution in [-0.2, 0) is 4.79 Å². The van der Waals surface area contributed by atoms with Gasteiger partial charge in [-0.05, 0) is 19.5 Å². The molecule has 0 bridgehead atoms. The number of carboxylic acids is 1. The number of piperidine rings is 1. The fraction of sp³-hybridized carbons (Fsp3) is 0.500. The van der Waals surface area contributed by atoms with E-state index in [2.05, 4.69) is 0 Å². The number of para-hydroxylation sites is 1. The molecular formula is C14H17NO5. The number of hydrogen-bond acceptors (Lipinski definition) is 5. The van der Waals surface area contributed by atoms with E-state index >= 15 is 0 Å². The fourth-order valence-electron chi connectivity index (χ4n) is 2.95. The van der Waals surface area contributed by atoms with Gasteiger partial charge in [0.1, 0.15) is 0 Å². The molecule has 3 atom stereocenters. The lowest BCUT2D eigenvalue weighted by atomic mass is 9.86. The molecule has 0 aliphatic carbocycles. The van der Waals surface area contributed by atoms with Crippen LogP contribution in [0.25, 0.3) is 0 Å². The highest BCUT2D eigenvalue weighted by Crippen LogP contribution is 2.43. The van der Waals surface area contributed by atoms with Crippen LogP contribution in [0.5, 0.6) is 11.5 Å². The molecule has 6 heteroatoms. The summed E-state index contributed by atoms with van der Waals surface area (Å²) in [7, 11) is 1.86. The smallest absolute Gasteiger partial charge is 0.310 e. The first-order chi connectivity index (χ1) is 9.58. The predicted molar refractivity (Wildman–Crippen MR) is 69.7 cm³/mol. The van der Waals surface area contributed by atoms with Crippen molar-refractivity contribution in [1.29, 1.82) is 0 Å². The van der Waals surface area contributed by atoms with E-state index in [4.69, 9.17) is 14.6 Å². The molecule has 1 aromatic carbocycles.